The van der Waals surface area contributed by atoms with E-state index in [9.17, 15) is 14.4 Å². The van der Waals surface area contributed by atoms with Crippen molar-refractivity contribution >= 4 is 22.8 Å². The Kier molecular flexibility index (Phi) is 5.74. The van der Waals surface area contributed by atoms with E-state index in [0.29, 0.717) is 22.5 Å². The highest BCUT2D eigenvalue weighted by Crippen LogP contribution is 2.24. The number of aryl methyl sites for hydroxylation is 1. The molecule has 0 fully saturated rings. The van der Waals surface area contributed by atoms with E-state index in [1.54, 1.807) is 42.5 Å². The number of carbonyl (C=O) groups is 2. The van der Waals surface area contributed by atoms with E-state index in [1.807, 2.05) is 13.0 Å². The molecule has 0 atom stereocenters. The van der Waals surface area contributed by atoms with Gasteiger partial charge in [-0.2, -0.15) is 0 Å². The lowest BCUT2D eigenvalue weighted by Gasteiger charge is -2.10. The molecular weight excluding hydrogens is 360 g/mol. The van der Waals surface area contributed by atoms with Crippen LogP contribution in [0.3, 0.4) is 0 Å². The van der Waals surface area contributed by atoms with Crippen LogP contribution in [0.4, 0.5) is 0 Å². The van der Waals surface area contributed by atoms with E-state index in [1.165, 1.54) is 7.11 Å². The van der Waals surface area contributed by atoms with Crippen LogP contribution < -0.4 is 21.2 Å². The van der Waals surface area contributed by atoms with Gasteiger partial charge in [0.05, 0.1) is 7.11 Å². The Bertz CT molecular complexity index is 1070. The number of methoxy groups -OCH3 is 1. The molecule has 0 bridgehead atoms. The number of amides is 2. The molecule has 0 aliphatic rings. The van der Waals surface area contributed by atoms with Crippen LogP contribution >= 0.6 is 0 Å². The molecule has 144 valence electrons. The van der Waals surface area contributed by atoms with Crippen molar-refractivity contribution < 1.29 is 18.7 Å². The maximum absolute atomic E-state index is 12.3. The summed E-state index contributed by atoms with van der Waals surface area (Å²) < 4.78 is 10.5. The fourth-order valence-corrected chi connectivity index (χ4v) is 2.88. The second-order valence-corrected chi connectivity index (χ2v) is 6.22. The summed E-state index contributed by atoms with van der Waals surface area (Å²) in [6.07, 6.45) is 0.228. The van der Waals surface area contributed by atoms with Gasteiger partial charge in [-0.1, -0.05) is 18.2 Å². The first-order chi connectivity index (χ1) is 13.5. The van der Waals surface area contributed by atoms with Gasteiger partial charge in [-0.3, -0.25) is 20.4 Å². The second-order valence-electron chi connectivity index (χ2n) is 6.22. The number of nitrogens with one attached hydrogen (secondary N) is 2. The van der Waals surface area contributed by atoms with E-state index >= 15 is 0 Å². The van der Waals surface area contributed by atoms with Crippen LogP contribution in [0.1, 0.15) is 27.9 Å². The molecule has 0 spiro atoms. The van der Waals surface area contributed by atoms with Crippen molar-refractivity contribution in [2.75, 3.05) is 7.11 Å². The molecule has 28 heavy (non-hydrogen) atoms. The average Bonchev–Trinajstić information content (AvgIpc) is 2.71. The Morgan fingerprint density at radius 2 is 1.82 bits per heavy atom. The molecule has 2 aromatic carbocycles. The maximum Gasteiger partial charge on any atom is 0.339 e. The van der Waals surface area contributed by atoms with Crippen LogP contribution in [-0.2, 0) is 11.2 Å². The zero-order valence-electron chi connectivity index (χ0n) is 15.6. The topological polar surface area (TPSA) is 97.6 Å². The summed E-state index contributed by atoms with van der Waals surface area (Å²) in [7, 11) is 1.54. The lowest BCUT2D eigenvalue weighted by atomic mass is 10.0. The van der Waals surface area contributed by atoms with Crippen LogP contribution in [-0.4, -0.2) is 18.9 Å². The summed E-state index contributed by atoms with van der Waals surface area (Å²) in [4.78, 5) is 36.3. The van der Waals surface area contributed by atoms with E-state index in [0.717, 1.165) is 10.9 Å². The van der Waals surface area contributed by atoms with E-state index in [2.05, 4.69) is 10.9 Å². The van der Waals surface area contributed by atoms with Crippen molar-refractivity contribution in [1.82, 2.24) is 10.9 Å². The van der Waals surface area contributed by atoms with Gasteiger partial charge in [0.15, 0.2) is 0 Å². The summed E-state index contributed by atoms with van der Waals surface area (Å²) in [6.45, 7) is 1.82. The molecule has 1 heterocycles. The summed E-state index contributed by atoms with van der Waals surface area (Å²) in [6, 6.07) is 13.8. The Morgan fingerprint density at radius 1 is 1.07 bits per heavy atom. The van der Waals surface area contributed by atoms with Crippen molar-refractivity contribution in [1.29, 1.82) is 0 Å². The minimum Gasteiger partial charge on any atom is -0.497 e. The maximum atomic E-state index is 12.3. The van der Waals surface area contributed by atoms with Crippen LogP contribution in [0.2, 0.25) is 0 Å². The summed E-state index contributed by atoms with van der Waals surface area (Å²) >= 11 is 0. The average molecular weight is 380 g/mol. The molecule has 1 aromatic heterocycles. The van der Waals surface area contributed by atoms with Crippen molar-refractivity contribution in [3.8, 4) is 5.75 Å². The minimum atomic E-state index is -0.487. The molecule has 0 unspecified atom stereocenters. The fraction of sp³-hybridized carbons (Fsp3) is 0.190. The number of hydrogen-bond acceptors (Lipinski definition) is 5. The molecule has 0 saturated heterocycles. The van der Waals surface area contributed by atoms with Gasteiger partial charge in [-0.25, -0.2) is 4.79 Å². The first-order valence-electron chi connectivity index (χ1n) is 8.74. The third-order valence-corrected chi connectivity index (χ3v) is 4.45. The van der Waals surface area contributed by atoms with E-state index in [4.69, 9.17) is 9.15 Å². The summed E-state index contributed by atoms with van der Waals surface area (Å²) in [5.74, 6) is -0.224. The normalized spacial score (nSPS) is 10.5. The lowest BCUT2D eigenvalue weighted by molar-refractivity contribution is -0.121. The van der Waals surface area contributed by atoms with Crippen molar-refractivity contribution in [3.05, 3.63) is 75.6 Å². The van der Waals surface area contributed by atoms with Crippen LogP contribution in [0, 0.1) is 6.92 Å². The predicted molar refractivity (Wildman–Crippen MR) is 104 cm³/mol. The minimum absolute atomic E-state index is 0.0301. The van der Waals surface area contributed by atoms with Gasteiger partial charge in [-0.05, 0) is 43.2 Å². The quantitative estimate of drug-likeness (QED) is 0.524. The highest BCUT2D eigenvalue weighted by molar-refractivity contribution is 5.95. The van der Waals surface area contributed by atoms with Gasteiger partial charge < -0.3 is 9.15 Å². The third-order valence-electron chi connectivity index (χ3n) is 4.45. The van der Waals surface area contributed by atoms with Crippen LogP contribution in [0.25, 0.3) is 11.0 Å². The van der Waals surface area contributed by atoms with Gasteiger partial charge >= 0.3 is 5.63 Å². The number of carbonyl (C=O) groups excluding carboxylic acids is 2. The standard InChI is InChI=1S/C21H20N2O5/c1-13-16-9-8-15(27-2)12-18(16)28-21(26)17(13)10-11-19(24)22-23-20(25)14-6-4-3-5-7-14/h3-9,12H,10-11H2,1-2H3,(H,22,24)(H,23,25). The van der Waals surface area contributed by atoms with Crippen LogP contribution in [0.15, 0.2) is 57.7 Å². The molecule has 3 rings (SSSR count). The monoisotopic (exact) mass is 380 g/mol. The molecule has 0 radical (unpaired) electrons. The Hall–Kier alpha value is -3.61. The first-order valence-corrected chi connectivity index (χ1v) is 8.74. The Labute approximate surface area is 161 Å². The van der Waals surface area contributed by atoms with Gasteiger partial charge in [0.25, 0.3) is 5.91 Å². The van der Waals surface area contributed by atoms with E-state index < -0.39 is 17.4 Å². The van der Waals surface area contributed by atoms with Gasteiger partial charge in [-0.15, -0.1) is 0 Å². The number of hydrogen-bond donors (Lipinski definition) is 2. The van der Waals surface area contributed by atoms with Gasteiger partial charge in [0.1, 0.15) is 11.3 Å². The zero-order chi connectivity index (χ0) is 20.1. The molecule has 0 aliphatic carbocycles. The summed E-state index contributed by atoms with van der Waals surface area (Å²) in [5, 5.41) is 0.785. The lowest BCUT2D eigenvalue weighted by Crippen LogP contribution is -2.41. The van der Waals surface area contributed by atoms with Gasteiger partial charge in [0.2, 0.25) is 5.91 Å². The van der Waals surface area contributed by atoms with E-state index in [-0.39, 0.29) is 12.8 Å². The van der Waals surface area contributed by atoms with Crippen molar-refractivity contribution in [2.45, 2.75) is 19.8 Å². The predicted octanol–water partition coefficient (Wildman–Crippen LogP) is 2.50. The highest BCUT2D eigenvalue weighted by atomic mass is 16.5. The molecule has 7 nitrogen and oxygen atoms in total. The molecule has 0 aliphatic heterocycles. The number of benzene rings is 2. The molecule has 2 N–H and O–H groups in total. The largest absolute Gasteiger partial charge is 0.497 e. The number of fused-ring (bicyclic) bond motifs is 1. The van der Waals surface area contributed by atoms with Crippen molar-refractivity contribution in [3.63, 3.8) is 0 Å². The first kappa shape index (κ1) is 19.2. The Balaban J connectivity index is 1.65. The number of hydrazine groups is 1. The highest BCUT2D eigenvalue weighted by Gasteiger charge is 2.14. The van der Waals surface area contributed by atoms with Crippen molar-refractivity contribution in [2.24, 2.45) is 0 Å². The number of ether oxygens (including phenoxy) is 1. The Morgan fingerprint density at radius 3 is 2.54 bits per heavy atom. The molecular formula is C21H20N2O5. The van der Waals surface area contributed by atoms with Crippen LogP contribution in [0.5, 0.6) is 5.75 Å². The fourth-order valence-electron chi connectivity index (χ4n) is 2.88. The molecule has 7 heteroatoms. The molecule has 0 saturated carbocycles. The molecule has 3 aromatic rings. The molecule has 2 amide bonds. The number of rotatable bonds is 5. The summed E-state index contributed by atoms with van der Waals surface area (Å²) in [5.41, 5.74) is 6.28. The smallest absolute Gasteiger partial charge is 0.339 e. The van der Waals surface area contributed by atoms with Gasteiger partial charge in [0, 0.05) is 29.0 Å². The third kappa shape index (κ3) is 4.20. The SMILES string of the molecule is COc1ccc2c(C)c(CCC(=O)NNC(=O)c3ccccc3)c(=O)oc2c1. The zero-order valence-corrected chi connectivity index (χ0v) is 15.6. The second kappa shape index (κ2) is 8.39.